The maximum Gasteiger partial charge on any atom is 0.416 e. The Morgan fingerprint density at radius 3 is 2.61 bits per heavy atom. The minimum atomic E-state index is -4.47. The molecule has 1 heterocycles. The number of hydrogen-bond donors (Lipinski definition) is 3. The number of benzene rings is 1. The first-order valence-corrected chi connectivity index (χ1v) is 8.66. The number of alkyl halides is 3. The van der Waals surface area contributed by atoms with Gasteiger partial charge in [0.1, 0.15) is 0 Å². The molecular weight excluding hydrogens is 379 g/mol. The fourth-order valence-corrected chi connectivity index (χ4v) is 2.46. The Bertz CT molecular complexity index is 805. The number of hydroxylamine groups is 1. The summed E-state index contributed by atoms with van der Waals surface area (Å²) in [6.45, 7) is 0.367. The van der Waals surface area contributed by atoms with E-state index in [0.717, 1.165) is 25.0 Å². The van der Waals surface area contributed by atoms with Gasteiger partial charge in [-0.15, -0.1) is 0 Å². The van der Waals surface area contributed by atoms with Crippen LogP contribution < -0.4 is 10.8 Å². The molecule has 152 valence electrons. The van der Waals surface area contributed by atoms with E-state index in [1.54, 1.807) is 5.48 Å². The summed E-state index contributed by atoms with van der Waals surface area (Å²) in [5, 5.41) is 11.0. The molecule has 2 rings (SSSR count). The largest absolute Gasteiger partial charge is 0.432 e. The lowest BCUT2D eigenvalue weighted by molar-refractivity contribution is -0.137. The monoisotopic (exact) mass is 399 g/mol. The summed E-state index contributed by atoms with van der Waals surface area (Å²) in [4.78, 5) is 26.6. The number of nitrogens with zero attached hydrogens (tertiary/aromatic N) is 1. The first kappa shape index (κ1) is 21.4. The quantitative estimate of drug-likeness (QED) is 0.340. The van der Waals surface area contributed by atoms with Crippen molar-refractivity contribution >= 4 is 11.8 Å². The van der Waals surface area contributed by atoms with Crippen molar-refractivity contribution in [1.29, 1.82) is 0 Å². The number of nitrogens with one attached hydrogen (secondary N) is 2. The van der Waals surface area contributed by atoms with Gasteiger partial charge in [-0.1, -0.05) is 25.0 Å². The average Bonchev–Trinajstić information content (AvgIpc) is 3.16. The lowest BCUT2D eigenvalue weighted by Crippen LogP contribution is -2.24. The molecule has 0 aliphatic heterocycles. The van der Waals surface area contributed by atoms with E-state index in [0.29, 0.717) is 19.4 Å². The van der Waals surface area contributed by atoms with Crippen LogP contribution in [0.25, 0.3) is 11.3 Å². The molecule has 1 aromatic carbocycles. The standard InChI is InChI=1S/C18H20F3N3O4/c19-18(20,21)13-7-5-6-12(10-13)14-11-23-17(28-14)16(26)22-9-4-2-1-3-8-15(25)24-27/h5-7,10-11,27H,1-4,8-9H2,(H,22,26)(H,24,25). The smallest absolute Gasteiger partial charge is 0.416 e. The minimum absolute atomic E-state index is 0.0680. The van der Waals surface area contributed by atoms with Gasteiger partial charge in [-0.3, -0.25) is 14.8 Å². The van der Waals surface area contributed by atoms with Crippen LogP contribution in [-0.4, -0.2) is 28.6 Å². The molecule has 1 aromatic heterocycles. The van der Waals surface area contributed by atoms with E-state index in [9.17, 15) is 22.8 Å². The number of amides is 2. The molecule has 0 aliphatic rings. The number of unbranched alkanes of at least 4 members (excludes halogenated alkanes) is 3. The van der Waals surface area contributed by atoms with Crippen LogP contribution in [0.4, 0.5) is 13.2 Å². The minimum Gasteiger partial charge on any atom is -0.432 e. The molecule has 10 heteroatoms. The fourth-order valence-electron chi connectivity index (χ4n) is 2.46. The van der Waals surface area contributed by atoms with Crippen LogP contribution in [0, 0.1) is 0 Å². The van der Waals surface area contributed by atoms with Crippen LogP contribution >= 0.6 is 0 Å². The fraction of sp³-hybridized carbons (Fsp3) is 0.389. The summed E-state index contributed by atoms with van der Waals surface area (Å²) in [6, 6.07) is 4.57. The van der Waals surface area contributed by atoms with Crippen molar-refractivity contribution < 1.29 is 32.4 Å². The molecule has 0 saturated carbocycles. The van der Waals surface area contributed by atoms with E-state index in [1.165, 1.54) is 18.3 Å². The summed E-state index contributed by atoms with van der Waals surface area (Å²) >= 11 is 0. The number of rotatable bonds is 9. The zero-order valence-electron chi connectivity index (χ0n) is 14.9. The lowest BCUT2D eigenvalue weighted by Gasteiger charge is -2.07. The van der Waals surface area contributed by atoms with Crippen molar-refractivity contribution in [1.82, 2.24) is 15.8 Å². The second-order valence-corrected chi connectivity index (χ2v) is 6.06. The number of oxazole rings is 1. The Kier molecular flexibility index (Phi) is 7.56. The molecule has 2 aromatic rings. The molecule has 0 bridgehead atoms. The summed E-state index contributed by atoms with van der Waals surface area (Å²) in [5.74, 6) is -1.16. The SMILES string of the molecule is O=C(CCCCCCNC(=O)c1ncc(-c2cccc(C(F)(F)F)c2)o1)NO. The van der Waals surface area contributed by atoms with Gasteiger partial charge in [-0.05, 0) is 25.0 Å². The highest BCUT2D eigenvalue weighted by Crippen LogP contribution is 2.32. The summed E-state index contributed by atoms with van der Waals surface area (Å²) in [7, 11) is 0. The first-order chi connectivity index (χ1) is 13.3. The van der Waals surface area contributed by atoms with Crippen molar-refractivity contribution in [3.05, 3.63) is 41.9 Å². The molecule has 0 saturated heterocycles. The molecule has 28 heavy (non-hydrogen) atoms. The number of carbonyl (C=O) groups is 2. The summed E-state index contributed by atoms with van der Waals surface area (Å²) in [5.41, 5.74) is 0.914. The predicted octanol–water partition coefficient (Wildman–Crippen LogP) is 3.55. The maximum atomic E-state index is 12.8. The van der Waals surface area contributed by atoms with Crippen LogP contribution in [0.15, 0.2) is 34.9 Å². The highest BCUT2D eigenvalue weighted by atomic mass is 19.4. The predicted molar refractivity (Wildman–Crippen MR) is 92.3 cm³/mol. The number of halogens is 3. The third-order valence-corrected chi connectivity index (χ3v) is 3.92. The topological polar surface area (TPSA) is 104 Å². The molecule has 0 spiro atoms. The third kappa shape index (κ3) is 6.38. The van der Waals surface area contributed by atoms with E-state index in [2.05, 4.69) is 10.3 Å². The second kappa shape index (κ2) is 9.88. The Balaban J connectivity index is 1.80. The third-order valence-electron chi connectivity index (χ3n) is 3.92. The van der Waals surface area contributed by atoms with Crippen LogP contribution in [0.3, 0.4) is 0 Å². The zero-order valence-corrected chi connectivity index (χ0v) is 14.9. The average molecular weight is 399 g/mol. The normalized spacial score (nSPS) is 11.3. The van der Waals surface area contributed by atoms with E-state index in [-0.39, 0.29) is 23.6 Å². The molecule has 0 unspecified atom stereocenters. The van der Waals surface area contributed by atoms with E-state index >= 15 is 0 Å². The number of hydrogen-bond acceptors (Lipinski definition) is 5. The van der Waals surface area contributed by atoms with Gasteiger partial charge >= 0.3 is 12.1 Å². The molecule has 0 aliphatic carbocycles. The highest BCUT2D eigenvalue weighted by Gasteiger charge is 2.30. The van der Waals surface area contributed by atoms with Crippen LogP contribution in [0.5, 0.6) is 0 Å². The van der Waals surface area contributed by atoms with Crippen molar-refractivity contribution in [3.63, 3.8) is 0 Å². The Hall–Kier alpha value is -2.88. The highest BCUT2D eigenvalue weighted by molar-refractivity contribution is 5.89. The molecule has 0 atom stereocenters. The maximum absolute atomic E-state index is 12.8. The molecule has 3 N–H and O–H groups in total. The van der Waals surface area contributed by atoms with Crippen LogP contribution in [0.1, 0.15) is 48.4 Å². The van der Waals surface area contributed by atoms with Crippen LogP contribution in [-0.2, 0) is 11.0 Å². The van der Waals surface area contributed by atoms with E-state index in [1.807, 2.05) is 0 Å². The summed E-state index contributed by atoms with van der Waals surface area (Å²) in [6.07, 6.45) is -0.192. The van der Waals surface area contributed by atoms with Crippen molar-refractivity contribution in [2.75, 3.05) is 6.54 Å². The molecule has 7 nitrogen and oxygen atoms in total. The van der Waals surface area contributed by atoms with Crippen molar-refractivity contribution in [3.8, 4) is 11.3 Å². The Labute approximate surface area is 158 Å². The van der Waals surface area contributed by atoms with Gasteiger partial charge in [0, 0.05) is 18.5 Å². The van der Waals surface area contributed by atoms with Gasteiger partial charge in [-0.25, -0.2) is 10.5 Å². The zero-order chi connectivity index (χ0) is 20.6. The van der Waals surface area contributed by atoms with Crippen molar-refractivity contribution in [2.24, 2.45) is 0 Å². The first-order valence-electron chi connectivity index (χ1n) is 8.66. The number of carbonyl (C=O) groups excluding carboxylic acids is 2. The van der Waals surface area contributed by atoms with Gasteiger partial charge < -0.3 is 9.73 Å². The lowest BCUT2D eigenvalue weighted by atomic mass is 10.1. The van der Waals surface area contributed by atoms with E-state index in [4.69, 9.17) is 9.62 Å². The van der Waals surface area contributed by atoms with Gasteiger partial charge in [0.2, 0.25) is 5.91 Å². The van der Waals surface area contributed by atoms with Gasteiger partial charge in [-0.2, -0.15) is 13.2 Å². The van der Waals surface area contributed by atoms with Crippen LogP contribution in [0.2, 0.25) is 0 Å². The second-order valence-electron chi connectivity index (χ2n) is 6.06. The number of aromatic nitrogens is 1. The molecular formula is C18H20F3N3O4. The van der Waals surface area contributed by atoms with Gasteiger partial charge in [0.05, 0.1) is 11.8 Å². The van der Waals surface area contributed by atoms with Crippen molar-refractivity contribution in [2.45, 2.75) is 38.3 Å². The van der Waals surface area contributed by atoms with Gasteiger partial charge in [0.25, 0.3) is 5.89 Å². The molecule has 2 amide bonds. The molecule has 0 fully saturated rings. The summed E-state index contributed by atoms with van der Waals surface area (Å²) < 4.78 is 43.6. The molecule has 0 radical (unpaired) electrons. The Morgan fingerprint density at radius 1 is 1.14 bits per heavy atom. The van der Waals surface area contributed by atoms with E-state index < -0.39 is 23.6 Å². The Morgan fingerprint density at radius 2 is 1.89 bits per heavy atom. The van der Waals surface area contributed by atoms with Gasteiger partial charge in [0.15, 0.2) is 5.76 Å².